The van der Waals surface area contributed by atoms with Gasteiger partial charge in [0.1, 0.15) is 11.6 Å². The Morgan fingerprint density at radius 2 is 1.95 bits per heavy atom. The van der Waals surface area contributed by atoms with Crippen LogP contribution in [0.2, 0.25) is 0 Å². The average molecular weight is 312 g/mol. The van der Waals surface area contributed by atoms with Crippen molar-refractivity contribution in [3.05, 3.63) is 35.4 Å². The molecule has 0 heterocycles. The molecule has 1 rings (SSSR count). The topological polar surface area (TPSA) is 46.2 Å². The Morgan fingerprint density at radius 3 is 2.47 bits per heavy atom. The van der Waals surface area contributed by atoms with Gasteiger partial charge in [0.25, 0.3) is 0 Å². The third kappa shape index (κ3) is 5.04. The predicted octanol–water partition coefficient (Wildman–Crippen LogP) is 2.82. The highest BCUT2D eigenvalue weighted by atomic mass is 35.5. The van der Waals surface area contributed by atoms with Crippen LogP contribution < -0.4 is 4.72 Å². The Balaban J connectivity index is 2.81. The predicted molar refractivity (Wildman–Crippen MR) is 71.6 cm³/mol. The van der Waals surface area contributed by atoms with E-state index in [0.29, 0.717) is 0 Å². The van der Waals surface area contributed by atoms with E-state index in [2.05, 4.69) is 4.72 Å². The molecule has 3 nitrogen and oxygen atoms in total. The van der Waals surface area contributed by atoms with Crippen LogP contribution in [0.15, 0.2) is 18.2 Å². The van der Waals surface area contributed by atoms with Gasteiger partial charge in [0, 0.05) is 23.6 Å². The minimum atomic E-state index is -3.56. The molecular formula is C12H16ClF2NO2S. The van der Waals surface area contributed by atoms with Gasteiger partial charge < -0.3 is 0 Å². The maximum absolute atomic E-state index is 13.5. The molecule has 0 saturated carbocycles. The highest BCUT2D eigenvalue weighted by Gasteiger charge is 2.20. The van der Waals surface area contributed by atoms with Crippen LogP contribution in [0.1, 0.15) is 25.5 Å². The summed E-state index contributed by atoms with van der Waals surface area (Å²) in [5, 5.41) is 0. The normalized spacial score (nSPS) is 15.2. The smallest absolute Gasteiger partial charge is 0.212 e. The molecule has 0 fully saturated rings. The minimum Gasteiger partial charge on any atom is -0.212 e. The first-order chi connectivity index (χ1) is 8.75. The van der Waals surface area contributed by atoms with Gasteiger partial charge >= 0.3 is 0 Å². The lowest BCUT2D eigenvalue weighted by Gasteiger charge is -2.16. The number of hydrogen-bond donors (Lipinski definition) is 1. The monoisotopic (exact) mass is 311 g/mol. The van der Waals surface area contributed by atoms with Gasteiger partial charge in [-0.3, -0.25) is 0 Å². The first-order valence-electron chi connectivity index (χ1n) is 5.76. The van der Waals surface area contributed by atoms with Crippen LogP contribution in [-0.2, 0) is 10.0 Å². The first-order valence-corrected chi connectivity index (χ1v) is 7.94. The van der Waals surface area contributed by atoms with Gasteiger partial charge in [-0.25, -0.2) is 21.9 Å². The molecule has 1 aromatic carbocycles. The summed E-state index contributed by atoms with van der Waals surface area (Å²) in [4.78, 5) is 0. The van der Waals surface area contributed by atoms with Gasteiger partial charge in [0.2, 0.25) is 10.0 Å². The summed E-state index contributed by atoms with van der Waals surface area (Å²) in [7, 11) is -3.56. The fraction of sp³-hybridized carbons (Fsp3) is 0.500. The van der Waals surface area contributed by atoms with Crippen LogP contribution in [0.25, 0.3) is 0 Å². The molecule has 0 spiro atoms. The Bertz CT molecular complexity index is 537. The fourth-order valence-corrected chi connectivity index (χ4v) is 3.52. The van der Waals surface area contributed by atoms with Crippen LogP contribution in [0.5, 0.6) is 0 Å². The van der Waals surface area contributed by atoms with Gasteiger partial charge in [-0.2, -0.15) is 0 Å². The van der Waals surface area contributed by atoms with Crippen LogP contribution >= 0.6 is 11.6 Å². The molecule has 108 valence electrons. The third-order valence-corrected chi connectivity index (χ3v) is 4.80. The number of sulfonamides is 1. The summed E-state index contributed by atoms with van der Waals surface area (Å²) in [5.41, 5.74) is 0.100. The molecule has 1 aromatic rings. The summed E-state index contributed by atoms with van der Waals surface area (Å²) >= 11 is 5.56. The molecule has 1 N–H and O–H groups in total. The van der Waals surface area contributed by atoms with E-state index in [1.54, 1.807) is 6.92 Å². The van der Waals surface area contributed by atoms with E-state index in [9.17, 15) is 17.2 Å². The summed E-state index contributed by atoms with van der Waals surface area (Å²) in [6, 6.07) is 2.27. The van der Waals surface area contributed by atoms with E-state index in [1.165, 1.54) is 13.0 Å². The third-order valence-electron chi connectivity index (χ3n) is 2.55. The van der Waals surface area contributed by atoms with Crippen molar-refractivity contribution in [2.75, 3.05) is 11.6 Å². The molecule has 0 amide bonds. The van der Waals surface area contributed by atoms with Crippen molar-refractivity contribution in [2.24, 2.45) is 5.92 Å². The molecular weight excluding hydrogens is 296 g/mol. The Hall–Kier alpha value is -0.720. The van der Waals surface area contributed by atoms with Crippen molar-refractivity contribution in [3.63, 3.8) is 0 Å². The molecule has 0 bridgehead atoms. The highest BCUT2D eigenvalue weighted by molar-refractivity contribution is 7.89. The summed E-state index contributed by atoms with van der Waals surface area (Å²) in [5.74, 6) is -1.60. The van der Waals surface area contributed by atoms with Crippen LogP contribution in [-0.4, -0.2) is 20.1 Å². The lowest BCUT2D eigenvalue weighted by molar-refractivity contribution is 0.535. The van der Waals surface area contributed by atoms with E-state index in [1.807, 2.05) is 0 Å². The minimum absolute atomic E-state index is 0.100. The number of alkyl halides is 1. The molecule has 0 saturated heterocycles. The average Bonchev–Trinajstić information content (AvgIpc) is 2.26. The van der Waals surface area contributed by atoms with Crippen LogP contribution in [0.3, 0.4) is 0 Å². The van der Waals surface area contributed by atoms with E-state index < -0.39 is 27.7 Å². The van der Waals surface area contributed by atoms with E-state index in [4.69, 9.17) is 11.6 Å². The van der Waals surface area contributed by atoms with Gasteiger partial charge in [-0.1, -0.05) is 13.0 Å². The molecule has 7 heteroatoms. The van der Waals surface area contributed by atoms with Crippen molar-refractivity contribution in [1.29, 1.82) is 0 Å². The van der Waals surface area contributed by atoms with Crippen LogP contribution in [0, 0.1) is 17.6 Å². The zero-order valence-electron chi connectivity index (χ0n) is 10.7. The van der Waals surface area contributed by atoms with Crippen LogP contribution in [0.4, 0.5) is 8.78 Å². The lowest BCUT2D eigenvalue weighted by atomic mass is 10.1. The number of benzene rings is 1. The Morgan fingerprint density at radius 1 is 1.32 bits per heavy atom. The zero-order chi connectivity index (χ0) is 14.6. The Kier molecular flexibility index (Phi) is 5.70. The van der Waals surface area contributed by atoms with Gasteiger partial charge in [0.15, 0.2) is 0 Å². The molecule has 19 heavy (non-hydrogen) atoms. The summed E-state index contributed by atoms with van der Waals surface area (Å²) < 4.78 is 52.2. The van der Waals surface area contributed by atoms with Crippen molar-refractivity contribution in [3.8, 4) is 0 Å². The lowest BCUT2D eigenvalue weighted by Crippen LogP contribution is -2.32. The molecule has 0 aliphatic carbocycles. The largest absolute Gasteiger partial charge is 0.212 e. The molecule has 2 unspecified atom stereocenters. The summed E-state index contributed by atoms with van der Waals surface area (Å²) in [6.45, 7) is 3.20. The van der Waals surface area contributed by atoms with E-state index >= 15 is 0 Å². The fourth-order valence-electron chi connectivity index (χ4n) is 1.65. The molecule has 0 radical (unpaired) electrons. The maximum Gasteiger partial charge on any atom is 0.212 e. The van der Waals surface area contributed by atoms with Gasteiger partial charge in [-0.15, -0.1) is 11.6 Å². The highest BCUT2D eigenvalue weighted by Crippen LogP contribution is 2.19. The molecule has 0 aliphatic rings. The quantitative estimate of drug-likeness (QED) is 0.821. The second-order valence-corrected chi connectivity index (χ2v) is 6.65. The van der Waals surface area contributed by atoms with Crippen molar-refractivity contribution in [1.82, 2.24) is 4.72 Å². The second-order valence-electron chi connectivity index (χ2n) is 4.55. The number of halogens is 3. The SMILES string of the molecule is CC(CCl)CS(=O)(=O)NC(C)c1ccc(F)cc1F. The van der Waals surface area contributed by atoms with Crippen molar-refractivity contribution < 1.29 is 17.2 Å². The maximum atomic E-state index is 13.5. The standard InChI is InChI=1S/C12H16ClF2NO2S/c1-8(6-13)7-19(17,18)16-9(2)11-4-3-10(14)5-12(11)15/h3-5,8-9,16H,6-7H2,1-2H3. The zero-order valence-corrected chi connectivity index (χ0v) is 12.2. The van der Waals surface area contributed by atoms with Crippen molar-refractivity contribution in [2.45, 2.75) is 19.9 Å². The number of hydrogen-bond acceptors (Lipinski definition) is 2. The summed E-state index contributed by atoms with van der Waals surface area (Å²) in [6.07, 6.45) is 0. The van der Waals surface area contributed by atoms with Gasteiger partial charge in [0.05, 0.1) is 5.75 Å². The van der Waals surface area contributed by atoms with E-state index in [0.717, 1.165) is 12.1 Å². The second kappa shape index (κ2) is 6.63. The molecule has 0 aromatic heterocycles. The number of rotatable bonds is 6. The Labute approximate surface area is 117 Å². The van der Waals surface area contributed by atoms with E-state index in [-0.39, 0.29) is 23.1 Å². The van der Waals surface area contributed by atoms with Gasteiger partial charge in [-0.05, 0) is 18.9 Å². The molecule has 2 atom stereocenters. The molecule has 0 aliphatic heterocycles. The van der Waals surface area contributed by atoms with Crippen molar-refractivity contribution >= 4 is 21.6 Å². The first kappa shape index (κ1) is 16.3. The number of nitrogens with one attached hydrogen (secondary N) is 1.